The number of hydrogen-bond donors (Lipinski definition) is 5. The van der Waals surface area contributed by atoms with Crippen LogP contribution in [-0.2, 0) is 19.2 Å². The normalized spacial score (nSPS) is 13.6. The molecule has 4 amide bonds. The Kier molecular flexibility index (Phi) is 7.86. The lowest BCUT2D eigenvalue weighted by atomic mass is 10.1. The molecular weight excluding hydrogens is 358 g/mol. The fraction of sp³-hybridized carbons (Fsp3) is 0.375. The number of pyridine rings is 1. The zero-order valence-electron chi connectivity index (χ0n) is 14.8. The van der Waals surface area contributed by atoms with E-state index in [4.69, 9.17) is 10.8 Å². The molecule has 27 heavy (non-hydrogen) atoms. The third-order valence-electron chi connectivity index (χ3n) is 3.46. The van der Waals surface area contributed by atoms with E-state index < -0.39 is 54.1 Å². The van der Waals surface area contributed by atoms with Gasteiger partial charge in [-0.1, -0.05) is 0 Å². The monoisotopic (exact) mass is 379 g/mol. The molecule has 0 saturated heterocycles. The van der Waals surface area contributed by atoms with Gasteiger partial charge in [0.15, 0.2) is 0 Å². The Morgan fingerprint density at radius 1 is 1.00 bits per heavy atom. The van der Waals surface area contributed by atoms with Gasteiger partial charge in [0.1, 0.15) is 18.1 Å². The largest absolute Gasteiger partial charge is 0.480 e. The Hall–Kier alpha value is -3.50. The van der Waals surface area contributed by atoms with Gasteiger partial charge in [-0.3, -0.25) is 24.2 Å². The first-order chi connectivity index (χ1) is 12.6. The Labute approximate surface area is 154 Å². The van der Waals surface area contributed by atoms with Crippen LogP contribution in [-0.4, -0.2) is 57.8 Å². The Morgan fingerprint density at radius 2 is 1.52 bits per heavy atom. The van der Waals surface area contributed by atoms with Crippen molar-refractivity contribution in [1.29, 1.82) is 0 Å². The lowest BCUT2D eigenvalue weighted by molar-refractivity contribution is -0.143. The number of rotatable bonds is 9. The number of carbonyl (C=O) groups excluding carboxylic acids is 4. The molecule has 6 N–H and O–H groups in total. The van der Waals surface area contributed by atoms with Gasteiger partial charge in [-0.2, -0.15) is 0 Å². The molecule has 0 spiro atoms. The number of carbonyl (C=O) groups is 5. The molecule has 0 aliphatic heterocycles. The molecule has 0 aliphatic carbocycles. The van der Waals surface area contributed by atoms with Crippen molar-refractivity contribution in [2.24, 2.45) is 5.73 Å². The number of aromatic nitrogens is 1. The maximum Gasteiger partial charge on any atom is 0.326 e. The van der Waals surface area contributed by atoms with E-state index in [2.05, 4.69) is 20.9 Å². The minimum absolute atomic E-state index is 0.311. The predicted octanol–water partition coefficient (Wildman–Crippen LogP) is -1.85. The van der Waals surface area contributed by atoms with Gasteiger partial charge in [0.05, 0.1) is 6.42 Å². The Morgan fingerprint density at radius 3 is 2.04 bits per heavy atom. The van der Waals surface area contributed by atoms with Gasteiger partial charge in [-0.15, -0.1) is 0 Å². The highest BCUT2D eigenvalue weighted by atomic mass is 16.4. The lowest BCUT2D eigenvalue weighted by Gasteiger charge is -2.20. The standard InChI is InChI=1S/C16H21N5O6/c1-8(20-15(25)10-3-5-18-6-4-10)13(23)19-9(2)14(24)21-11(16(26)27)7-12(17)22/h3-6,8-9,11H,7H2,1-2H3,(H2,17,22)(H,19,23)(H,20,25)(H,21,24)(H,26,27)/t8-,9-,11-/m0/s1. The van der Waals surface area contributed by atoms with Crippen LogP contribution in [0.15, 0.2) is 24.5 Å². The topological polar surface area (TPSA) is 181 Å². The van der Waals surface area contributed by atoms with Crippen molar-refractivity contribution in [3.05, 3.63) is 30.1 Å². The Bertz CT molecular complexity index is 723. The summed E-state index contributed by atoms with van der Waals surface area (Å²) in [5.41, 5.74) is 5.24. The number of primary amides is 1. The number of carboxylic acid groups (broad SMARTS) is 1. The maximum absolute atomic E-state index is 12.1. The smallest absolute Gasteiger partial charge is 0.326 e. The van der Waals surface area contributed by atoms with Crippen molar-refractivity contribution in [2.45, 2.75) is 38.4 Å². The number of aliphatic carboxylic acids is 1. The number of nitrogens with two attached hydrogens (primary N) is 1. The van der Waals surface area contributed by atoms with Crippen molar-refractivity contribution in [3.8, 4) is 0 Å². The molecule has 1 heterocycles. The molecule has 1 aromatic rings. The van der Waals surface area contributed by atoms with E-state index >= 15 is 0 Å². The number of amides is 4. The summed E-state index contributed by atoms with van der Waals surface area (Å²) in [4.78, 5) is 61.8. The summed E-state index contributed by atoms with van der Waals surface area (Å²) < 4.78 is 0. The predicted molar refractivity (Wildman–Crippen MR) is 92.1 cm³/mol. The van der Waals surface area contributed by atoms with E-state index in [0.717, 1.165) is 0 Å². The minimum Gasteiger partial charge on any atom is -0.480 e. The highest BCUT2D eigenvalue weighted by Gasteiger charge is 2.26. The fourth-order valence-electron chi connectivity index (χ4n) is 1.95. The molecule has 0 fully saturated rings. The fourth-order valence-corrected chi connectivity index (χ4v) is 1.95. The van der Waals surface area contributed by atoms with Crippen molar-refractivity contribution in [3.63, 3.8) is 0 Å². The van der Waals surface area contributed by atoms with Crippen LogP contribution in [0.3, 0.4) is 0 Å². The first-order valence-corrected chi connectivity index (χ1v) is 7.94. The number of nitrogens with one attached hydrogen (secondary N) is 3. The molecule has 1 rings (SSSR count). The molecular formula is C16H21N5O6. The van der Waals surface area contributed by atoms with Gasteiger partial charge in [0, 0.05) is 18.0 Å². The van der Waals surface area contributed by atoms with E-state index in [1.807, 2.05) is 0 Å². The van der Waals surface area contributed by atoms with Gasteiger partial charge < -0.3 is 26.8 Å². The van der Waals surface area contributed by atoms with Crippen molar-refractivity contribution < 1.29 is 29.1 Å². The SMILES string of the molecule is C[C@H](NC(=O)c1ccncc1)C(=O)N[C@@H](C)C(=O)N[C@@H](CC(N)=O)C(=O)O. The summed E-state index contributed by atoms with van der Waals surface area (Å²) in [6, 6.07) is -0.616. The molecule has 11 heteroatoms. The summed E-state index contributed by atoms with van der Waals surface area (Å²) >= 11 is 0. The van der Waals surface area contributed by atoms with Crippen molar-refractivity contribution >= 4 is 29.6 Å². The summed E-state index contributed by atoms with van der Waals surface area (Å²) in [6.07, 6.45) is 2.27. The molecule has 0 saturated carbocycles. The Balaban J connectivity index is 2.58. The molecule has 3 atom stereocenters. The van der Waals surface area contributed by atoms with E-state index in [-0.39, 0.29) is 0 Å². The summed E-state index contributed by atoms with van der Waals surface area (Å²) in [5.74, 6) is -4.29. The first kappa shape index (κ1) is 21.5. The third kappa shape index (κ3) is 7.10. The molecule has 0 unspecified atom stereocenters. The van der Waals surface area contributed by atoms with Crippen molar-refractivity contribution in [1.82, 2.24) is 20.9 Å². The maximum atomic E-state index is 12.1. The van der Waals surface area contributed by atoms with Gasteiger partial charge >= 0.3 is 5.97 Å². The van der Waals surface area contributed by atoms with Crippen LogP contribution < -0.4 is 21.7 Å². The minimum atomic E-state index is -1.50. The number of nitrogens with zero attached hydrogens (tertiary/aromatic N) is 1. The summed E-state index contributed by atoms with van der Waals surface area (Å²) in [6.45, 7) is 2.75. The molecule has 146 valence electrons. The zero-order chi connectivity index (χ0) is 20.6. The lowest BCUT2D eigenvalue weighted by Crippen LogP contribution is -2.54. The second-order valence-corrected chi connectivity index (χ2v) is 5.73. The third-order valence-corrected chi connectivity index (χ3v) is 3.46. The van der Waals surface area contributed by atoms with Crippen LogP contribution in [0.2, 0.25) is 0 Å². The molecule has 0 bridgehead atoms. The van der Waals surface area contributed by atoms with Crippen LogP contribution in [0, 0.1) is 0 Å². The molecule has 1 aromatic heterocycles. The zero-order valence-corrected chi connectivity index (χ0v) is 14.8. The van der Waals surface area contributed by atoms with Crippen LogP contribution in [0.25, 0.3) is 0 Å². The van der Waals surface area contributed by atoms with Crippen molar-refractivity contribution in [2.75, 3.05) is 0 Å². The van der Waals surface area contributed by atoms with Gasteiger partial charge in [0.2, 0.25) is 17.7 Å². The summed E-state index contributed by atoms with van der Waals surface area (Å²) in [7, 11) is 0. The molecule has 0 radical (unpaired) electrons. The van der Waals surface area contributed by atoms with E-state index in [0.29, 0.717) is 5.56 Å². The van der Waals surface area contributed by atoms with Crippen LogP contribution in [0.5, 0.6) is 0 Å². The second-order valence-electron chi connectivity index (χ2n) is 5.73. The van der Waals surface area contributed by atoms with Gasteiger partial charge in [0.25, 0.3) is 5.91 Å². The molecule has 0 aromatic carbocycles. The van der Waals surface area contributed by atoms with E-state index in [9.17, 15) is 24.0 Å². The van der Waals surface area contributed by atoms with E-state index in [1.165, 1.54) is 38.4 Å². The van der Waals surface area contributed by atoms with Gasteiger partial charge in [-0.25, -0.2) is 4.79 Å². The second kappa shape index (κ2) is 9.85. The van der Waals surface area contributed by atoms with Crippen LogP contribution in [0.1, 0.15) is 30.6 Å². The average Bonchev–Trinajstić information content (AvgIpc) is 2.60. The van der Waals surface area contributed by atoms with Crippen LogP contribution in [0.4, 0.5) is 0 Å². The molecule has 0 aliphatic rings. The molecule has 11 nitrogen and oxygen atoms in total. The quantitative estimate of drug-likeness (QED) is 0.334. The number of carboxylic acids is 1. The highest BCUT2D eigenvalue weighted by molar-refractivity contribution is 5.98. The van der Waals surface area contributed by atoms with Crippen LogP contribution >= 0.6 is 0 Å². The van der Waals surface area contributed by atoms with Gasteiger partial charge in [-0.05, 0) is 26.0 Å². The first-order valence-electron chi connectivity index (χ1n) is 7.94. The number of hydrogen-bond acceptors (Lipinski definition) is 6. The highest BCUT2D eigenvalue weighted by Crippen LogP contribution is 1.98. The van der Waals surface area contributed by atoms with E-state index in [1.54, 1.807) is 0 Å². The summed E-state index contributed by atoms with van der Waals surface area (Å²) in [5, 5.41) is 15.9. The average molecular weight is 379 g/mol.